The van der Waals surface area contributed by atoms with E-state index in [0.29, 0.717) is 12.0 Å². The molecule has 0 bridgehead atoms. The average Bonchev–Trinajstić information content (AvgIpc) is 2.44. The Morgan fingerprint density at radius 3 is 2.89 bits per heavy atom. The van der Waals surface area contributed by atoms with Gasteiger partial charge < -0.3 is 5.32 Å². The van der Waals surface area contributed by atoms with E-state index in [9.17, 15) is 0 Å². The van der Waals surface area contributed by atoms with Crippen LogP contribution in [0.15, 0.2) is 30.5 Å². The van der Waals surface area contributed by atoms with Gasteiger partial charge in [-0.25, -0.2) is 9.97 Å². The highest BCUT2D eigenvalue weighted by Crippen LogP contribution is 2.31. The second kappa shape index (κ2) is 5.16. The Hall–Kier alpha value is -1.64. The summed E-state index contributed by atoms with van der Waals surface area (Å²) >= 11 is 0. The lowest BCUT2D eigenvalue weighted by Gasteiger charge is -2.34. The summed E-state index contributed by atoms with van der Waals surface area (Å²) in [6.45, 7) is 4.68. The molecule has 1 aliphatic carbocycles. The zero-order chi connectivity index (χ0) is 13.2. The van der Waals surface area contributed by atoms with Gasteiger partial charge in [0, 0.05) is 17.6 Å². The molecule has 3 atom stereocenters. The maximum atomic E-state index is 4.61. The van der Waals surface area contributed by atoms with Crippen LogP contribution in [0.4, 0.5) is 5.95 Å². The largest absolute Gasteiger partial charge is 0.351 e. The molecule has 100 valence electrons. The Morgan fingerprint density at radius 2 is 2.00 bits per heavy atom. The van der Waals surface area contributed by atoms with Crippen LogP contribution in [0.2, 0.25) is 0 Å². The van der Waals surface area contributed by atoms with Gasteiger partial charge in [0.1, 0.15) is 0 Å². The highest BCUT2D eigenvalue weighted by atomic mass is 15.1. The first-order valence-corrected chi connectivity index (χ1v) is 7.22. The molecule has 0 aliphatic heterocycles. The zero-order valence-electron chi connectivity index (χ0n) is 11.6. The first-order chi connectivity index (χ1) is 9.24. The summed E-state index contributed by atoms with van der Waals surface area (Å²) < 4.78 is 0. The number of fused-ring (bicyclic) bond motifs is 1. The normalized spacial score (nSPS) is 27.4. The molecule has 0 spiro atoms. The first-order valence-electron chi connectivity index (χ1n) is 7.22. The molecule has 3 rings (SSSR count). The van der Waals surface area contributed by atoms with Crippen LogP contribution in [0.1, 0.15) is 33.1 Å². The Morgan fingerprint density at radius 1 is 1.16 bits per heavy atom. The van der Waals surface area contributed by atoms with Gasteiger partial charge in [-0.05, 0) is 24.3 Å². The molecule has 0 radical (unpaired) electrons. The minimum atomic E-state index is 0.505. The van der Waals surface area contributed by atoms with Crippen LogP contribution in [0.3, 0.4) is 0 Å². The number of hydrogen-bond donors (Lipinski definition) is 1. The number of anilines is 1. The summed E-state index contributed by atoms with van der Waals surface area (Å²) in [5.74, 6) is 2.24. The van der Waals surface area contributed by atoms with Crippen molar-refractivity contribution >= 4 is 16.9 Å². The van der Waals surface area contributed by atoms with E-state index in [4.69, 9.17) is 0 Å². The molecule has 0 saturated heterocycles. The van der Waals surface area contributed by atoms with Gasteiger partial charge in [0.25, 0.3) is 0 Å². The van der Waals surface area contributed by atoms with Crippen LogP contribution in [0.5, 0.6) is 0 Å². The van der Waals surface area contributed by atoms with Crippen LogP contribution in [-0.4, -0.2) is 16.0 Å². The minimum absolute atomic E-state index is 0.505. The van der Waals surface area contributed by atoms with Crippen molar-refractivity contribution in [1.29, 1.82) is 0 Å². The second-order valence-electron chi connectivity index (χ2n) is 5.77. The van der Waals surface area contributed by atoms with Gasteiger partial charge in [0.15, 0.2) is 0 Å². The van der Waals surface area contributed by atoms with Gasteiger partial charge in [0.05, 0.1) is 5.52 Å². The van der Waals surface area contributed by atoms with Gasteiger partial charge >= 0.3 is 0 Å². The average molecular weight is 255 g/mol. The molecule has 3 heteroatoms. The van der Waals surface area contributed by atoms with Crippen LogP contribution in [-0.2, 0) is 0 Å². The number of hydrogen-bond acceptors (Lipinski definition) is 3. The molecule has 1 aromatic heterocycles. The Labute approximate surface area is 114 Å². The van der Waals surface area contributed by atoms with Crippen molar-refractivity contribution in [2.24, 2.45) is 11.8 Å². The molecule has 3 unspecified atom stereocenters. The Kier molecular flexibility index (Phi) is 3.36. The number of benzene rings is 1. The van der Waals surface area contributed by atoms with E-state index in [1.807, 2.05) is 30.5 Å². The maximum absolute atomic E-state index is 4.61. The van der Waals surface area contributed by atoms with Gasteiger partial charge in [-0.3, -0.25) is 0 Å². The highest BCUT2D eigenvalue weighted by molar-refractivity contribution is 5.78. The summed E-state index contributed by atoms with van der Waals surface area (Å²) in [5, 5.41) is 4.63. The monoisotopic (exact) mass is 255 g/mol. The third kappa shape index (κ3) is 2.55. The molecule has 1 N–H and O–H groups in total. The van der Waals surface area contributed by atoms with E-state index >= 15 is 0 Å². The summed E-state index contributed by atoms with van der Waals surface area (Å²) in [7, 11) is 0. The van der Waals surface area contributed by atoms with Crippen LogP contribution >= 0.6 is 0 Å². The van der Waals surface area contributed by atoms with Crippen molar-refractivity contribution in [3.05, 3.63) is 30.5 Å². The third-order valence-electron chi connectivity index (χ3n) is 4.51. The van der Waals surface area contributed by atoms with E-state index in [-0.39, 0.29) is 0 Å². The number of nitrogens with zero attached hydrogens (tertiary/aromatic N) is 2. The van der Waals surface area contributed by atoms with Crippen LogP contribution < -0.4 is 5.32 Å². The molecule has 1 fully saturated rings. The van der Waals surface area contributed by atoms with E-state index in [0.717, 1.165) is 22.8 Å². The molecular formula is C16H21N3. The fourth-order valence-electron chi connectivity index (χ4n) is 2.99. The summed E-state index contributed by atoms with van der Waals surface area (Å²) in [6.07, 6.45) is 5.78. The van der Waals surface area contributed by atoms with Gasteiger partial charge in [-0.1, -0.05) is 44.9 Å². The molecule has 1 heterocycles. The Bertz CT molecular complexity index is 567. The number of para-hydroxylation sites is 1. The summed E-state index contributed by atoms with van der Waals surface area (Å²) in [4.78, 5) is 9.04. The number of rotatable bonds is 2. The van der Waals surface area contributed by atoms with Gasteiger partial charge in [-0.15, -0.1) is 0 Å². The molecule has 1 aliphatic rings. The standard InChI is InChI=1S/C16H21N3/c1-11-6-5-9-14(12(11)2)18-16-17-10-13-7-3-4-8-15(13)19-16/h3-4,7-8,10-12,14H,5-6,9H2,1-2H3,(H,17,18,19). The van der Waals surface area contributed by atoms with E-state index in [1.54, 1.807) is 0 Å². The van der Waals surface area contributed by atoms with Crippen molar-refractivity contribution in [1.82, 2.24) is 9.97 Å². The fraction of sp³-hybridized carbons (Fsp3) is 0.500. The smallest absolute Gasteiger partial charge is 0.223 e. The van der Waals surface area contributed by atoms with Crippen molar-refractivity contribution in [2.45, 2.75) is 39.2 Å². The fourth-order valence-corrected chi connectivity index (χ4v) is 2.99. The molecule has 1 aromatic carbocycles. The highest BCUT2D eigenvalue weighted by Gasteiger charge is 2.27. The maximum Gasteiger partial charge on any atom is 0.223 e. The molecule has 0 amide bonds. The third-order valence-corrected chi connectivity index (χ3v) is 4.51. The number of nitrogens with one attached hydrogen (secondary N) is 1. The predicted octanol–water partition coefficient (Wildman–Crippen LogP) is 3.87. The predicted molar refractivity (Wildman–Crippen MR) is 79.1 cm³/mol. The summed E-state index contributed by atoms with van der Waals surface area (Å²) in [5.41, 5.74) is 1.01. The number of aromatic nitrogens is 2. The van der Waals surface area contributed by atoms with Crippen molar-refractivity contribution < 1.29 is 0 Å². The molecule has 1 saturated carbocycles. The topological polar surface area (TPSA) is 37.8 Å². The SMILES string of the molecule is CC1CCCC(Nc2ncc3ccccc3n2)C1C. The van der Waals surface area contributed by atoms with Crippen molar-refractivity contribution in [3.63, 3.8) is 0 Å². The molecule has 2 aromatic rings. The van der Waals surface area contributed by atoms with E-state index in [2.05, 4.69) is 29.1 Å². The molecular weight excluding hydrogens is 234 g/mol. The molecule has 3 nitrogen and oxygen atoms in total. The van der Waals surface area contributed by atoms with Crippen molar-refractivity contribution in [3.8, 4) is 0 Å². The van der Waals surface area contributed by atoms with Crippen LogP contribution in [0.25, 0.3) is 10.9 Å². The van der Waals surface area contributed by atoms with Crippen molar-refractivity contribution in [2.75, 3.05) is 5.32 Å². The molecule has 19 heavy (non-hydrogen) atoms. The lowest BCUT2D eigenvalue weighted by Crippen LogP contribution is -2.35. The van der Waals surface area contributed by atoms with Crippen LogP contribution in [0, 0.1) is 11.8 Å². The minimum Gasteiger partial charge on any atom is -0.351 e. The lowest BCUT2D eigenvalue weighted by molar-refractivity contribution is 0.252. The second-order valence-corrected chi connectivity index (χ2v) is 5.77. The summed E-state index contributed by atoms with van der Waals surface area (Å²) in [6, 6.07) is 8.62. The van der Waals surface area contributed by atoms with E-state index in [1.165, 1.54) is 19.3 Å². The Balaban J connectivity index is 1.81. The van der Waals surface area contributed by atoms with Gasteiger partial charge in [0.2, 0.25) is 5.95 Å². The van der Waals surface area contributed by atoms with E-state index < -0.39 is 0 Å². The first kappa shape index (κ1) is 12.4. The van der Waals surface area contributed by atoms with Gasteiger partial charge in [-0.2, -0.15) is 0 Å². The lowest BCUT2D eigenvalue weighted by atomic mass is 9.78. The quantitative estimate of drug-likeness (QED) is 0.885. The zero-order valence-corrected chi connectivity index (χ0v) is 11.6.